The van der Waals surface area contributed by atoms with Crippen LogP contribution in [0.2, 0.25) is 0 Å². The van der Waals surface area contributed by atoms with E-state index < -0.39 is 0 Å². The van der Waals surface area contributed by atoms with Gasteiger partial charge >= 0.3 is 0 Å². The average molecular weight is 234 g/mol. The van der Waals surface area contributed by atoms with Crippen LogP contribution in [0.1, 0.15) is 49.3 Å². The lowest BCUT2D eigenvalue weighted by atomic mass is 9.82. The van der Waals surface area contributed by atoms with Crippen molar-refractivity contribution in [1.29, 1.82) is 0 Å². The third-order valence-electron chi connectivity index (χ3n) is 3.89. The number of methoxy groups -OCH3 is 1. The van der Waals surface area contributed by atoms with E-state index in [1.165, 1.54) is 19.3 Å². The predicted molar refractivity (Wildman–Crippen MR) is 69.3 cm³/mol. The molecule has 0 heterocycles. The number of aliphatic hydroxyl groups excluding tert-OH is 1. The van der Waals surface area contributed by atoms with Crippen molar-refractivity contribution in [3.8, 4) is 5.75 Å². The van der Waals surface area contributed by atoms with Crippen molar-refractivity contribution < 1.29 is 9.84 Å². The van der Waals surface area contributed by atoms with Crippen LogP contribution in [0.4, 0.5) is 0 Å². The maximum absolute atomic E-state index is 10.4. The van der Waals surface area contributed by atoms with Gasteiger partial charge in [0.15, 0.2) is 0 Å². The van der Waals surface area contributed by atoms with Crippen molar-refractivity contribution >= 4 is 0 Å². The lowest BCUT2D eigenvalue weighted by Crippen LogP contribution is -2.16. The number of hydrogen-bond donors (Lipinski definition) is 1. The van der Waals surface area contributed by atoms with Gasteiger partial charge in [-0.3, -0.25) is 0 Å². The number of aliphatic hydroxyl groups is 1. The molecule has 2 nitrogen and oxygen atoms in total. The van der Waals surface area contributed by atoms with Crippen LogP contribution in [-0.4, -0.2) is 12.2 Å². The lowest BCUT2D eigenvalue weighted by molar-refractivity contribution is 0.0843. The lowest BCUT2D eigenvalue weighted by Gasteiger charge is -2.27. The van der Waals surface area contributed by atoms with Crippen LogP contribution in [0.3, 0.4) is 0 Å². The summed E-state index contributed by atoms with van der Waals surface area (Å²) in [7, 11) is 1.67. The summed E-state index contributed by atoms with van der Waals surface area (Å²) in [5, 5.41) is 10.4. The summed E-state index contributed by atoms with van der Waals surface area (Å²) in [6, 6.07) is 5.95. The minimum atomic E-state index is -0.304. The summed E-state index contributed by atoms with van der Waals surface area (Å²) in [5.74, 6) is 1.30. The summed E-state index contributed by atoms with van der Waals surface area (Å²) >= 11 is 0. The molecule has 0 amide bonds. The molecule has 0 aliphatic heterocycles. The molecule has 0 saturated heterocycles. The van der Waals surface area contributed by atoms with Crippen molar-refractivity contribution in [2.75, 3.05) is 7.11 Å². The van der Waals surface area contributed by atoms with Gasteiger partial charge in [0.05, 0.1) is 13.2 Å². The first-order valence-corrected chi connectivity index (χ1v) is 6.55. The van der Waals surface area contributed by atoms with E-state index in [0.29, 0.717) is 5.92 Å². The molecule has 1 atom stereocenters. The Morgan fingerprint density at radius 1 is 1.24 bits per heavy atom. The van der Waals surface area contributed by atoms with E-state index in [0.717, 1.165) is 29.7 Å². The number of ether oxygens (including phenoxy) is 1. The molecule has 2 rings (SSSR count). The highest BCUT2D eigenvalue weighted by Crippen LogP contribution is 2.36. The Kier molecular flexibility index (Phi) is 4.06. The molecule has 1 unspecified atom stereocenters. The van der Waals surface area contributed by atoms with E-state index in [4.69, 9.17) is 4.74 Å². The van der Waals surface area contributed by atoms with Crippen molar-refractivity contribution in [3.63, 3.8) is 0 Å². The molecule has 1 aliphatic carbocycles. The topological polar surface area (TPSA) is 29.5 Å². The molecule has 17 heavy (non-hydrogen) atoms. The molecular weight excluding hydrogens is 212 g/mol. The zero-order chi connectivity index (χ0) is 12.3. The standard InChI is InChI=1S/C15H22O2/c1-11-10-13(17-2)8-9-14(11)15(16)12-6-4-3-5-7-12/h8-10,12,15-16H,3-7H2,1-2H3. The first-order valence-electron chi connectivity index (χ1n) is 6.55. The minimum Gasteiger partial charge on any atom is -0.497 e. The van der Waals surface area contributed by atoms with Gasteiger partial charge < -0.3 is 9.84 Å². The second kappa shape index (κ2) is 5.54. The summed E-state index contributed by atoms with van der Waals surface area (Å²) in [6.07, 6.45) is 5.86. The molecule has 0 aromatic heterocycles. The Bertz CT molecular complexity index is 367. The first kappa shape index (κ1) is 12.4. The Morgan fingerprint density at radius 2 is 1.94 bits per heavy atom. The van der Waals surface area contributed by atoms with Crippen LogP contribution in [-0.2, 0) is 0 Å². The summed E-state index contributed by atoms with van der Waals surface area (Å²) < 4.78 is 5.19. The van der Waals surface area contributed by atoms with Crippen molar-refractivity contribution in [2.24, 2.45) is 5.92 Å². The second-order valence-corrected chi connectivity index (χ2v) is 5.07. The van der Waals surface area contributed by atoms with Gasteiger partial charge in [0, 0.05) is 0 Å². The fraction of sp³-hybridized carbons (Fsp3) is 0.600. The molecular formula is C15H22O2. The number of aryl methyl sites for hydroxylation is 1. The number of rotatable bonds is 3. The second-order valence-electron chi connectivity index (χ2n) is 5.07. The van der Waals surface area contributed by atoms with Crippen LogP contribution in [0.25, 0.3) is 0 Å². The van der Waals surface area contributed by atoms with Gasteiger partial charge in [-0.15, -0.1) is 0 Å². The molecule has 2 heteroatoms. The third-order valence-corrected chi connectivity index (χ3v) is 3.89. The minimum absolute atomic E-state index is 0.304. The van der Waals surface area contributed by atoms with Crippen LogP contribution >= 0.6 is 0 Å². The fourth-order valence-corrected chi connectivity index (χ4v) is 2.81. The van der Waals surface area contributed by atoms with Crippen LogP contribution in [0.5, 0.6) is 5.75 Å². The Balaban J connectivity index is 2.15. The molecule has 1 aromatic rings. The molecule has 1 fully saturated rings. The molecule has 0 bridgehead atoms. The Morgan fingerprint density at radius 3 is 2.53 bits per heavy atom. The number of hydrogen-bond acceptors (Lipinski definition) is 2. The van der Waals surface area contributed by atoms with Gasteiger partial charge in [-0.1, -0.05) is 25.3 Å². The summed E-state index contributed by atoms with van der Waals surface area (Å²) in [4.78, 5) is 0. The van der Waals surface area contributed by atoms with E-state index >= 15 is 0 Å². The van der Waals surface area contributed by atoms with Gasteiger partial charge in [-0.25, -0.2) is 0 Å². The summed E-state index contributed by atoms with van der Waals surface area (Å²) in [6.45, 7) is 2.05. The monoisotopic (exact) mass is 234 g/mol. The van der Waals surface area contributed by atoms with Crippen LogP contribution < -0.4 is 4.74 Å². The molecule has 94 valence electrons. The third kappa shape index (κ3) is 2.81. The van der Waals surface area contributed by atoms with E-state index in [1.807, 2.05) is 25.1 Å². The van der Waals surface area contributed by atoms with E-state index in [1.54, 1.807) is 7.11 Å². The molecule has 1 saturated carbocycles. The maximum Gasteiger partial charge on any atom is 0.119 e. The highest BCUT2D eigenvalue weighted by Gasteiger charge is 2.24. The van der Waals surface area contributed by atoms with E-state index in [9.17, 15) is 5.11 Å². The van der Waals surface area contributed by atoms with E-state index in [-0.39, 0.29) is 6.10 Å². The molecule has 1 aliphatic rings. The van der Waals surface area contributed by atoms with Crippen LogP contribution in [0.15, 0.2) is 18.2 Å². The van der Waals surface area contributed by atoms with Crippen molar-refractivity contribution in [2.45, 2.75) is 45.1 Å². The Labute approximate surface area is 104 Å². The zero-order valence-electron chi connectivity index (χ0n) is 10.8. The Hall–Kier alpha value is -1.02. The fourth-order valence-electron chi connectivity index (χ4n) is 2.81. The molecule has 1 N–H and O–H groups in total. The highest BCUT2D eigenvalue weighted by molar-refractivity contribution is 5.36. The van der Waals surface area contributed by atoms with Crippen molar-refractivity contribution in [3.05, 3.63) is 29.3 Å². The quantitative estimate of drug-likeness (QED) is 0.865. The van der Waals surface area contributed by atoms with Gasteiger partial charge in [0.25, 0.3) is 0 Å². The predicted octanol–water partition coefficient (Wildman–Crippen LogP) is 3.62. The first-order chi connectivity index (χ1) is 8.22. The molecule has 1 aromatic carbocycles. The largest absolute Gasteiger partial charge is 0.497 e. The molecule has 0 radical (unpaired) electrons. The van der Waals surface area contributed by atoms with Gasteiger partial charge in [-0.2, -0.15) is 0 Å². The van der Waals surface area contributed by atoms with Gasteiger partial charge in [0.2, 0.25) is 0 Å². The van der Waals surface area contributed by atoms with Crippen molar-refractivity contribution in [1.82, 2.24) is 0 Å². The SMILES string of the molecule is COc1ccc(C(O)C2CCCCC2)c(C)c1. The van der Waals surface area contributed by atoms with Crippen LogP contribution in [0, 0.1) is 12.8 Å². The number of benzene rings is 1. The van der Waals surface area contributed by atoms with Gasteiger partial charge in [0.1, 0.15) is 5.75 Å². The average Bonchev–Trinajstić information content (AvgIpc) is 2.39. The van der Waals surface area contributed by atoms with Gasteiger partial charge in [-0.05, 0) is 48.9 Å². The maximum atomic E-state index is 10.4. The normalized spacial score (nSPS) is 19.0. The zero-order valence-corrected chi connectivity index (χ0v) is 10.8. The molecule has 0 spiro atoms. The summed E-state index contributed by atoms with van der Waals surface area (Å²) in [5.41, 5.74) is 2.19. The highest BCUT2D eigenvalue weighted by atomic mass is 16.5. The smallest absolute Gasteiger partial charge is 0.119 e. The van der Waals surface area contributed by atoms with E-state index in [2.05, 4.69) is 0 Å².